The van der Waals surface area contributed by atoms with Crippen molar-refractivity contribution in [1.82, 2.24) is 10.3 Å². The highest BCUT2D eigenvalue weighted by Gasteiger charge is 2.00. The number of nitrogens with two attached hydrogens (primary N) is 1. The van der Waals surface area contributed by atoms with Crippen LogP contribution >= 0.6 is 0 Å². The Hall–Kier alpha value is -2.20. The molecule has 2 aromatic rings. The average molecular weight is 255 g/mol. The summed E-state index contributed by atoms with van der Waals surface area (Å²) >= 11 is 0. The summed E-state index contributed by atoms with van der Waals surface area (Å²) in [6, 6.07) is 9.30. The second-order valence-electron chi connectivity index (χ2n) is 4.47. The number of pyridine rings is 1. The molecule has 4 nitrogen and oxygen atoms in total. The van der Waals surface area contributed by atoms with Crippen LogP contribution in [0.3, 0.4) is 0 Å². The molecule has 0 saturated carbocycles. The molecule has 0 saturated heterocycles. The van der Waals surface area contributed by atoms with Gasteiger partial charge in [-0.1, -0.05) is 12.1 Å². The van der Waals surface area contributed by atoms with Gasteiger partial charge in [0.2, 0.25) is 5.91 Å². The molecular formula is C15H17N3O. The minimum absolute atomic E-state index is 0.398. The van der Waals surface area contributed by atoms with E-state index in [1.165, 1.54) is 11.1 Å². The fourth-order valence-corrected chi connectivity index (χ4v) is 1.81. The van der Waals surface area contributed by atoms with Crippen molar-refractivity contribution in [3.8, 4) is 0 Å². The Kier molecular flexibility index (Phi) is 4.26. The van der Waals surface area contributed by atoms with Gasteiger partial charge in [-0.25, -0.2) is 0 Å². The van der Waals surface area contributed by atoms with E-state index in [9.17, 15) is 4.79 Å². The zero-order valence-electron chi connectivity index (χ0n) is 10.9. The number of hydrogen-bond donors (Lipinski definition) is 2. The van der Waals surface area contributed by atoms with Gasteiger partial charge in [0, 0.05) is 31.0 Å². The number of amides is 1. The lowest BCUT2D eigenvalue weighted by Crippen LogP contribution is -2.14. The van der Waals surface area contributed by atoms with Crippen molar-refractivity contribution in [3.63, 3.8) is 0 Å². The summed E-state index contributed by atoms with van der Waals surface area (Å²) in [5.74, 6) is -0.398. The van der Waals surface area contributed by atoms with Crippen molar-refractivity contribution >= 4 is 5.91 Å². The molecule has 4 heteroatoms. The first-order valence-electron chi connectivity index (χ1n) is 6.16. The smallest absolute Gasteiger partial charge is 0.248 e. The number of aryl methyl sites for hydroxylation is 1. The molecule has 0 bridgehead atoms. The molecule has 0 unspecified atom stereocenters. The Morgan fingerprint density at radius 3 is 2.58 bits per heavy atom. The minimum atomic E-state index is -0.398. The number of benzene rings is 1. The molecule has 1 aromatic carbocycles. The number of hydrogen-bond acceptors (Lipinski definition) is 3. The molecule has 19 heavy (non-hydrogen) atoms. The van der Waals surface area contributed by atoms with Gasteiger partial charge in [-0.05, 0) is 41.8 Å². The van der Waals surface area contributed by atoms with E-state index < -0.39 is 5.91 Å². The Labute approximate surface area is 112 Å². The molecule has 0 aliphatic carbocycles. The second kappa shape index (κ2) is 6.11. The predicted octanol–water partition coefficient (Wildman–Crippen LogP) is 1.78. The molecule has 0 aliphatic rings. The summed E-state index contributed by atoms with van der Waals surface area (Å²) in [4.78, 5) is 15.1. The van der Waals surface area contributed by atoms with E-state index in [0.717, 1.165) is 18.7 Å². The molecule has 0 atom stereocenters. The molecule has 0 spiro atoms. The van der Waals surface area contributed by atoms with Crippen LogP contribution in [0.5, 0.6) is 0 Å². The fraction of sp³-hybridized carbons (Fsp3) is 0.200. The van der Waals surface area contributed by atoms with Crippen LogP contribution < -0.4 is 11.1 Å². The van der Waals surface area contributed by atoms with Crippen LogP contribution in [0.2, 0.25) is 0 Å². The number of nitrogens with one attached hydrogen (secondary N) is 1. The van der Waals surface area contributed by atoms with Gasteiger partial charge < -0.3 is 11.1 Å². The SMILES string of the molecule is Cc1ccncc1CNCc1ccc(C(N)=O)cc1. The highest BCUT2D eigenvalue weighted by molar-refractivity contribution is 5.92. The second-order valence-corrected chi connectivity index (χ2v) is 4.47. The summed E-state index contributed by atoms with van der Waals surface area (Å²) in [6.07, 6.45) is 3.67. The number of carbonyl (C=O) groups is 1. The van der Waals surface area contributed by atoms with Crippen LogP contribution in [0.25, 0.3) is 0 Å². The number of primary amides is 1. The van der Waals surface area contributed by atoms with Crippen LogP contribution in [-0.2, 0) is 13.1 Å². The quantitative estimate of drug-likeness (QED) is 0.855. The summed E-state index contributed by atoms with van der Waals surface area (Å²) < 4.78 is 0. The molecule has 3 N–H and O–H groups in total. The lowest BCUT2D eigenvalue weighted by molar-refractivity contribution is 0.100. The molecule has 1 amide bonds. The highest BCUT2D eigenvalue weighted by Crippen LogP contribution is 2.06. The van der Waals surface area contributed by atoms with Crippen LogP contribution in [0.4, 0.5) is 0 Å². The first-order valence-corrected chi connectivity index (χ1v) is 6.16. The Morgan fingerprint density at radius 2 is 1.95 bits per heavy atom. The predicted molar refractivity (Wildman–Crippen MR) is 74.5 cm³/mol. The Morgan fingerprint density at radius 1 is 1.21 bits per heavy atom. The van der Waals surface area contributed by atoms with Crippen molar-refractivity contribution < 1.29 is 4.79 Å². The maximum Gasteiger partial charge on any atom is 0.248 e. The van der Waals surface area contributed by atoms with Gasteiger partial charge in [-0.3, -0.25) is 9.78 Å². The molecule has 98 valence electrons. The van der Waals surface area contributed by atoms with Crippen LogP contribution in [0.15, 0.2) is 42.7 Å². The Balaban J connectivity index is 1.89. The largest absolute Gasteiger partial charge is 0.366 e. The third-order valence-corrected chi connectivity index (χ3v) is 3.03. The number of carbonyl (C=O) groups excluding carboxylic acids is 1. The zero-order chi connectivity index (χ0) is 13.7. The maximum atomic E-state index is 10.9. The van der Waals surface area contributed by atoms with Gasteiger partial charge in [-0.2, -0.15) is 0 Å². The summed E-state index contributed by atoms with van der Waals surface area (Å²) in [7, 11) is 0. The summed E-state index contributed by atoms with van der Waals surface area (Å²) in [5.41, 5.74) is 9.27. The number of rotatable bonds is 5. The van der Waals surface area contributed by atoms with Crippen LogP contribution in [-0.4, -0.2) is 10.9 Å². The van der Waals surface area contributed by atoms with Gasteiger partial charge >= 0.3 is 0 Å². The average Bonchev–Trinajstić information content (AvgIpc) is 2.41. The highest BCUT2D eigenvalue weighted by atomic mass is 16.1. The molecule has 1 heterocycles. The van der Waals surface area contributed by atoms with E-state index >= 15 is 0 Å². The van der Waals surface area contributed by atoms with Crippen molar-refractivity contribution in [2.75, 3.05) is 0 Å². The lowest BCUT2D eigenvalue weighted by Gasteiger charge is -2.07. The summed E-state index contributed by atoms with van der Waals surface area (Å²) in [5, 5.41) is 3.35. The van der Waals surface area contributed by atoms with E-state index in [1.807, 2.05) is 24.4 Å². The molecule has 1 aromatic heterocycles. The number of aromatic nitrogens is 1. The summed E-state index contributed by atoms with van der Waals surface area (Å²) in [6.45, 7) is 3.59. The van der Waals surface area contributed by atoms with Crippen molar-refractivity contribution in [2.45, 2.75) is 20.0 Å². The van der Waals surface area contributed by atoms with E-state index in [1.54, 1.807) is 18.3 Å². The third-order valence-electron chi connectivity index (χ3n) is 3.03. The van der Waals surface area contributed by atoms with Crippen molar-refractivity contribution in [1.29, 1.82) is 0 Å². The molecular weight excluding hydrogens is 238 g/mol. The van der Waals surface area contributed by atoms with Crippen LogP contribution in [0.1, 0.15) is 27.0 Å². The molecule has 0 fully saturated rings. The fourth-order valence-electron chi connectivity index (χ4n) is 1.81. The van der Waals surface area contributed by atoms with E-state index in [0.29, 0.717) is 5.56 Å². The van der Waals surface area contributed by atoms with Gasteiger partial charge in [0.25, 0.3) is 0 Å². The topological polar surface area (TPSA) is 68.0 Å². The zero-order valence-corrected chi connectivity index (χ0v) is 10.9. The molecule has 2 rings (SSSR count). The first-order chi connectivity index (χ1) is 9.16. The molecule has 0 aliphatic heterocycles. The number of nitrogens with zero attached hydrogens (tertiary/aromatic N) is 1. The van der Waals surface area contributed by atoms with E-state index in [2.05, 4.69) is 17.2 Å². The van der Waals surface area contributed by atoms with Crippen molar-refractivity contribution in [2.24, 2.45) is 5.73 Å². The van der Waals surface area contributed by atoms with E-state index in [-0.39, 0.29) is 0 Å². The monoisotopic (exact) mass is 255 g/mol. The minimum Gasteiger partial charge on any atom is -0.366 e. The molecule has 0 radical (unpaired) electrons. The lowest BCUT2D eigenvalue weighted by atomic mass is 10.1. The van der Waals surface area contributed by atoms with Gasteiger partial charge in [0.15, 0.2) is 0 Å². The normalized spacial score (nSPS) is 10.4. The standard InChI is InChI=1S/C15H17N3O/c1-11-6-7-17-9-14(11)10-18-8-12-2-4-13(5-3-12)15(16)19/h2-7,9,18H,8,10H2,1H3,(H2,16,19). The first kappa shape index (κ1) is 13.2. The van der Waals surface area contributed by atoms with E-state index in [4.69, 9.17) is 5.73 Å². The Bertz CT molecular complexity index is 564. The van der Waals surface area contributed by atoms with Crippen molar-refractivity contribution in [3.05, 3.63) is 65.0 Å². The van der Waals surface area contributed by atoms with Gasteiger partial charge in [-0.15, -0.1) is 0 Å². The van der Waals surface area contributed by atoms with Gasteiger partial charge in [0.1, 0.15) is 0 Å². The maximum absolute atomic E-state index is 10.9. The van der Waals surface area contributed by atoms with Gasteiger partial charge in [0.05, 0.1) is 0 Å². The third kappa shape index (κ3) is 3.63. The van der Waals surface area contributed by atoms with Crippen LogP contribution in [0, 0.1) is 6.92 Å².